The third-order valence-electron chi connectivity index (χ3n) is 6.19. The summed E-state index contributed by atoms with van der Waals surface area (Å²) in [4.78, 5) is 70.0. The fourth-order valence-corrected chi connectivity index (χ4v) is 4.26. The van der Waals surface area contributed by atoms with Crippen LogP contribution in [0.4, 0.5) is 9.59 Å². The maximum atomic E-state index is 13.1. The van der Waals surface area contributed by atoms with Gasteiger partial charge in [0.05, 0.1) is 17.6 Å². The molecule has 1 aromatic heterocycles. The van der Waals surface area contributed by atoms with Gasteiger partial charge in [0.2, 0.25) is 5.91 Å². The molecule has 1 fully saturated rings. The number of carboxylic acids is 1. The number of imide groups is 1. The quantitative estimate of drug-likeness (QED) is 0.215. The molecule has 0 saturated carbocycles. The molecular formula is C26H29N7O7. The number of aliphatic carboxylic acids is 1. The van der Waals surface area contributed by atoms with Crippen LogP contribution in [0.3, 0.4) is 0 Å². The van der Waals surface area contributed by atoms with Gasteiger partial charge in [-0.25, -0.2) is 24.4 Å². The van der Waals surface area contributed by atoms with Gasteiger partial charge >= 0.3 is 18.1 Å². The summed E-state index contributed by atoms with van der Waals surface area (Å²) >= 11 is 0. The molecule has 0 spiro atoms. The highest BCUT2D eigenvalue weighted by molar-refractivity contribution is 6.05. The Labute approximate surface area is 228 Å². The fraction of sp³-hybridized carbons (Fsp3) is 0.308. The number of alkyl carbamates (subject to hydrolysis) is 1. The number of nitrogens with zero attached hydrogens (tertiary/aromatic N) is 3. The average molecular weight is 552 g/mol. The van der Waals surface area contributed by atoms with E-state index in [1.54, 1.807) is 30.3 Å². The number of hydrazine groups is 1. The van der Waals surface area contributed by atoms with E-state index >= 15 is 0 Å². The van der Waals surface area contributed by atoms with Crippen LogP contribution in [0.1, 0.15) is 24.7 Å². The van der Waals surface area contributed by atoms with E-state index in [1.807, 2.05) is 24.3 Å². The van der Waals surface area contributed by atoms with Crippen molar-refractivity contribution < 1.29 is 33.8 Å². The zero-order chi connectivity index (χ0) is 28.8. The predicted octanol–water partition coefficient (Wildman–Crippen LogP) is 0.886. The molecule has 40 heavy (non-hydrogen) atoms. The number of ether oxygens (including phenoxy) is 1. The maximum Gasteiger partial charge on any atom is 0.408 e. The van der Waals surface area contributed by atoms with Crippen molar-refractivity contribution in [3.63, 3.8) is 0 Å². The van der Waals surface area contributed by atoms with Gasteiger partial charge in [-0.2, -0.15) is 5.01 Å². The highest BCUT2D eigenvalue weighted by Crippen LogP contribution is 2.17. The monoisotopic (exact) mass is 551 g/mol. The maximum absolute atomic E-state index is 13.1. The van der Waals surface area contributed by atoms with Gasteiger partial charge in [-0.1, -0.05) is 42.5 Å². The van der Waals surface area contributed by atoms with E-state index in [1.165, 1.54) is 0 Å². The van der Waals surface area contributed by atoms with Crippen molar-refractivity contribution in [2.75, 3.05) is 6.54 Å². The number of carbonyl (C=O) groups is 5. The summed E-state index contributed by atoms with van der Waals surface area (Å²) in [6.07, 6.45) is -0.719. The minimum atomic E-state index is -1.68. The van der Waals surface area contributed by atoms with Crippen LogP contribution < -0.4 is 16.4 Å². The number of aromatic nitrogens is 2. The number of urea groups is 1. The fourth-order valence-electron chi connectivity index (χ4n) is 4.26. The van der Waals surface area contributed by atoms with Crippen LogP contribution in [0, 0.1) is 0 Å². The van der Waals surface area contributed by atoms with Crippen molar-refractivity contribution in [3.05, 3.63) is 66.0 Å². The Morgan fingerprint density at radius 3 is 2.52 bits per heavy atom. The van der Waals surface area contributed by atoms with E-state index in [4.69, 9.17) is 10.5 Å². The molecule has 14 heteroatoms. The number of imidazole rings is 1. The Morgan fingerprint density at radius 2 is 1.85 bits per heavy atom. The van der Waals surface area contributed by atoms with E-state index < -0.39 is 54.6 Å². The Morgan fingerprint density at radius 1 is 1.15 bits per heavy atom. The van der Waals surface area contributed by atoms with E-state index in [0.717, 1.165) is 18.0 Å². The molecule has 1 saturated heterocycles. The molecule has 3 atom stereocenters. The molecule has 0 radical (unpaired) electrons. The Bertz CT molecular complexity index is 1380. The number of carboxylic acid groups (broad SMARTS) is 1. The van der Waals surface area contributed by atoms with Crippen LogP contribution in [-0.2, 0) is 32.1 Å². The van der Waals surface area contributed by atoms with E-state index in [2.05, 4.69) is 20.6 Å². The van der Waals surface area contributed by atoms with E-state index in [9.17, 15) is 29.1 Å². The van der Waals surface area contributed by atoms with E-state index in [-0.39, 0.29) is 13.0 Å². The number of nitrogens with two attached hydrogens (primary N) is 1. The lowest BCUT2D eigenvalue weighted by molar-refractivity contribution is -0.156. The molecule has 1 unspecified atom stereocenters. The number of fused-ring (bicyclic) bond motifs is 1. The molecular weight excluding hydrogens is 522 g/mol. The Balaban J connectivity index is 1.37. The number of nitrogens with one attached hydrogen (secondary N) is 3. The SMILES string of the molecule is CC(=O)N(C[C@H](NC(=O)OCc1ccccc1)C(=O)O)N1C(=O)N[C@@H](CC(N)Cc2nc3ccccc3[nH]2)C1=O. The number of benzene rings is 2. The molecule has 1 aliphatic rings. The van der Waals surface area contributed by atoms with Gasteiger partial charge in [-0.3, -0.25) is 9.59 Å². The minimum Gasteiger partial charge on any atom is -0.480 e. The highest BCUT2D eigenvalue weighted by atomic mass is 16.5. The molecule has 1 aliphatic heterocycles. The standard InChI is InChI=1S/C26H29N7O7/c1-15(34)32(13-21(24(36)37)31-26(39)40-14-16-7-3-2-4-8-16)33-23(35)20(30-25(33)38)11-17(27)12-22-28-18-9-5-6-10-19(18)29-22/h2-10,17,20-21H,11-14,27H2,1H3,(H,28,29)(H,30,38)(H,31,39)(H,36,37)/t17?,20-,21-/m0/s1. The molecule has 5 amide bonds. The van der Waals surface area contributed by atoms with Crippen LogP contribution in [0.5, 0.6) is 0 Å². The van der Waals surface area contributed by atoms with Crippen molar-refractivity contribution in [3.8, 4) is 0 Å². The van der Waals surface area contributed by atoms with Gasteiger partial charge in [-0.05, 0) is 24.1 Å². The van der Waals surface area contributed by atoms with Gasteiger partial charge in [0, 0.05) is 19.4 Å². The van der Waals surface area contributed by atoms with Crippen LogP contribution in [-0.4, -0.2) is 79.7 Å². The van der Waals surface area contributed by atoms with E-state index in [0.29, 0.717) is 27.8 Å². The normalized spacial score (nSPS) is 16.4. The first-order valence-electron chi connectivity index (χ1n) is 12.4. The van der Waals surface area contributed by atoms with Crippen molar-refractivity contribution in [1.82, 2.24) is 30.6 Å². The number of H-pyrrole nitrogens is 1. The lowest BCUT2D eigenvalue weighted by Crippen LogP contribution is -2.57. The van der Waals surface area contributed by atoms with Gasteiger partial charge in [0.15, 0.2) is 0 Å². The van der Waals surface area contributed by atoms with Gasteiger partial charge in [-0.15, -0.1) is 0 Å². The number of para-hydroxylation sites is 2. The minimum absolute atomic E-state index is 0.0380. The first-order valence-corrected chi connectivity index (χ1v) is 12.4. The predicted molar refractivity (Wildman–Crippen MR) is 140 cm³/mol. The van der Waals surface area contributed by atoms with Gasteiger partial charge in [0.1, 0.15) is 24.5 Å². The number of carbonyl (C=O) groups excluding carboxylic acids is 4. The summed E-state index contributed by atoms with van der Waals surface area (Å²) in [6.45, 7) is 0.244. The molecule has 6 N–H and O–H groups in total. The second-order valence-electron chi connectivity index (χ2n) is 9.25. The van der Waals surface area contributed by atoms with Crippen LogP contribution in [0.2, 0.25) is 0 Å². The molecule has 14 nitrogen and oxygen atoms in total. The number of hydrogen-bond donors (Lipinski definition) is 5. The third-order valence-corrected chi connectivity index (χ3v) is 6.19. The zero-order valence-electron chi connectivity index (χ0n) is 21.6. The average Bonchev–Trinajstić information content (AvgIpc) is 3.44. The van der Waals surface area contributed by atoms with Crippen molar-refractivity contribution in [2.24, 2.45) is 5.73 Å². The third kappa shape index (κ3) is 6.71. The summed E-state index contributed by atoms with van der Waals surface area (Å²) in [6, 6.07) is 11.9. The van der Waals surface area contributed by atoms with Crippen molar-refractivity contribution >= 4 is 40.9 Å². The number of amides is 5. The first kappa shape index (κ1) is 28.0. The second kappa shape index (κ2) is 12.3. The molecule has 4 rings (SSSR count). The van der Waals surface area contributed by atoms with Crippen LogP contribution >= 0.6 is 0 Å². The number of aromatic amines is 1. The van der Waals surface area contributed by atoms with Gasteiger partial charge in [0.25, 0.3) is 5.91 Å². The Hall–Kier alpha value is -4.98. The number of rotatable bonds is 11. The molecule has 3 aromatic rings. The lowest BCUT2D eigenvalue weighted by Gasteiger charge is -2.30. The second-order valence-corrected chi connectivity index (χ2v) is 9.25. The summed E-state index contributed by atoms with van der Waals surface area (Å²) in [5, 5.41) is 15.5. The summed E-state index contributed by atoms with van der Waals surface area (Å²) in [7, 11) is 0. The highest BCUT2D eigenvalue weighted by Gasteiger charge is 2.44. The first-order chi connectivity index (χ1) is 19.1. The summed E-state index contributed by atoms with van der Waals surface area (Å²) < 4.78 is 5.05. The molecule has 0 aliphatic carbocycles. The van der Waals surface area contributed by atoms with Gasteiger partial charge < -0.3 is 31.2 Å². The molecule has 210 valence electrons. The number of hydrogen-bond acceptors (Lipinski definition) is 8. The smallest absolute Gasteiger partial charge is 0.408 e. The lowest BCUT2D eigenvalue weighted by atomic mass is 10.0. The zero-order valence-corrected chi connectivity index (χ0v) is 21.6. The largest absolute Gasteiger partial charge is 0.480 e. The summed E-state index contributed by atoms with van der Waals surface area (Å²) in [5.74, 6) is -2.46. The molecule has 0 bridgehead atoms. The van der Waals surface area contributed by atoms with Crippen molar-refractivity contribution in [2.45, 2.75) is 44.5 Å². The van der Waals surface area contributed by atoms with Crippen LogP contribution in [0.25, 0.3) is 11.0 Å². The van der Waals surface area contributed by atoms with Crippen LogP contribution in [0.15, 0.2) is 54.6 Å². The van der Waals surface area contributed by atoms with Crippen molar-refractivity contribution in [1.29, 1.82) is 0 Å². The Kier molecular flexibility index (Phi) is 8.59. The molecule has 2 heterocycles. The topological polar surface area (TPSA) is 200 Å². The molecule has 2 aromatic carbocycles. The summed E-state index contributed by atoms with van der Waals surface area (Å²) in [5.41, 5.74) is 8.52.